The number of fused-ring (bicyclic) bond motifs is 1. The molecule has 1 aromatic carbocycles. The van der Waals surface area contributed by atoms with Gasteiger partial charge in [0, 0.05) is 26.2 Å². The zero-order valence-electron chi connectivity index (χ0n) is 13.5. The topological polar surface area (TPSA) is 15.3 Å². The van der Waals surface area contributed by atoms with Crippen LogP contribution in [-0.2, 0) is 13.1 Å². The molecule has 1 fully saturated rings. The lowest BCUT2D eigenvalue weighted by Crippen LogP contribution is -2.42. The Labute approximate surface area is 129 Å². The second-order valence-electron chi connectivity index (χ2n) is 7.11. The summed E-state index contributed by atoms with van der Waals surface area (Å²) < 4.78 is 0. The van der Waals surface area contributed by atoms with Gasteiger partial charge in [0.1, 0.15) is 0 Å². The van der Waals surface area contributed by atoms with E-state index < -0.39 is 0 Å². The maximum absolute atomic E-state index is 3.66. The first-order valence-corrected chi connectivity index (χ1v) is 8.81. The van der Waals surface area contributed by atoms with Gasteiger partial charge in [0.15, 0.2) is 0 Å². The molecule has 0 radical (unpaired) electrons. The largest absolute Gasteiger partial charge is 0.316 e. The zero-order valence-corrected chi connectivity index (χ0v) is 13.5. The molecular weight excluding hydrogens is 256 g/mol. The molecule has 2 heteroatoms. The summed E-state index contributed by atoms with van der Waals surface area (Å²) in [7, 11) is 0. The Morgan fingerprint density at radius 3 is 2.19 bits per heavy atom. The summed E-state index contributed by atoms with van der Waals surface area (Å²) >= 11 is 0. The minimum Gasteiger partial charge on any atom is -0.316 e. The molecule has 0 spiro atoms. The standard InChI is InChI=1S/C19H30N2/c1-2-20-15-19(11-7-3-4-8-12-19)16-21-13-17-9-5-6-10-18(17)14-21/h5-6,9-10,20H,2-4,7-8,11-16H2,1H3. The van der Waals surface area contributed by atoms with E-state index in [9.17, 15) is 0 Å². The van der Waals surface area contributed by atoms with Crippen molar-refractivity contribution in [1.29, 1.82) is 0 Å². The van der Waals surface area contributed by atoms with Crippen molar-refractivity contribution in [2.24, 2.45) is 5.41 Å². The number of nitrogens with zero attached hydrogens (tertiary/aromatic N) is 1. The molecule has 2 nitrogen and oxygen atoms in total. The van der Waals surface area contributed by atoms with Gasteiger partial charge in [0.25, 0.3) is 0 Å². The summed E-state index contributed by atoms with van der Waals surface area (Å²) in [6.45, 7) is 8.12. The van der Waals surface area contributed by atoms with Crippen LogP contribution < -0.4 is 5.32 Å². The van der Waals surface area contributed by atoms with Crippen LogP contribution in [0.1, 0.15) is 56.6 Å². The molecule has 116 valence electrons. The van der Waals surface area contributed by atoms with E-state index in [2.05, 4.69) is 41.4 Å². The third kappa shape index (κ3) is 3.67. The third-order valence-electron chi connectivity index (χ3n) is 5.38. The minimum atomic E-state index is 0.508. The van der Waals surface area contributed by atoms with Crippen LogP contribution >= 0.6 is 0 Å². The third-order valence-corrected chi connectivity index (χ3v) is 5.38. The first kappa shape index (κ1) is 15.1. The second-order valence-corrected chi connectivity index (χ2v) is 7.11. The zero-order chi connectivity index (χ0) is 14.5. The summed E-state index contributed by atoms with van der Waals surface area (Å²) in [6.07, 6.45) is 8.54. The fraction of sp³-hybridized carbons (Fsp3) is 0.684. The van der Waals surface area contributed by atoms with Crippen molar-refractivity contribution in [3.8, 4) is 0 Å². The first-order valence-electron chi connectivity index (χ1n) is 8.81. The Kier molecular flexibility index (Phi) is 4.97. The molecule has 0 amide bonds. The average Bonchev–Trinajstić information content (AvgIpc) is 2.76. The predicted octanol–water partition coefficient (Wildman–Crippen LogP) is 3.95. The molecule has 1 aromatic rings. The van der Waals surface area contributed by atoms with Crippen LogP contribution in [-0.4, -0.2) is 24.5 Å². The number of hydrogen-bond donors (Lipinski definition) is 1. The lowest BCUT2D eigenvalue weighted by Gasteiger charge is -2.37. The predicted molar refractivity (Wildman–Crippen MR) is 89.2 cm³/mol. The highest BCUT2D eigenvalue weighted by Gasteiger charge is 2.34. The van der Waals surface area contributed by atoms with Crippen molar-refractivity contribution in [1.82, 2.24) is 10.2 Å². The highest BCUT2D eigenvalue weighted by Crippen LogP contribution is 2.37. The fourth-order valence-electron chi connectivity index (χ4n) is 4.25. The molecule has 1 heterocycles. The van der Waals surface area contributed by atoms with Gasteiger partial charge in [-0.1, -0.05) is 56.9 Å². The fourth-order valence-corrected chi connectivity index (χ4v) is 4.25. The number of rotatable bonds is 5. The Morgan fingerprint density at radius 1 is 1.00 bits per heavy atom. The minimum absolute atomic E-state index is 0.508. The molecule has 3 rings (SSSR count). The maximum atomic E-state index is 3.66. The van der Waals surface area contributed by atoms with E-state index in [-0.39, 0.29) is 0 Å². The molecule has 0 bridgehead atoms. The summed E-state index contributed by atoms with van der Waals surface area (Å²) in [5.41, 5.74) is 3.60. The first-order chi connectivity index (χ1) is 10.3. The lowest BCUT2D eigenvalue weighted by molar-refractivity contribution is 0.126. The van der Waals surface area contributed by atoms with Crippen LogP contribution in [0.5, 0.6) is 0 Å². The monoisotopic (exact) mass is 286 g/mol. The van der Waals surface area contributed by atoms with Gasteiger partial charge in [-0.25, -0.2) is 0 Å². The molecule has 0 saturated heterocycles. The SMILES string of the molecule is CCNCC1(CN2Cc3ccccc3C2)CCCCCC1. The van der Waals surface area contributed by atoms with Crippen molar-refractivity contribution < 1.29 is 0 Å². The van der Waals surface area contributed by atoms with Gasteiger partial charge in [0.05, 0.1) is 0 Å². The molecule has 1 N–H and O–H groups in total. The average molecular weight is 286 g/mol. The molecule has 0 atom stereocenters. The van der Waals surface area contributed by atoms with E-state index in [1.165, 1.54) is 51.6 Å². The van der Waals surface area contributed by atoms with Gasteiger partial charge in [-0.05, 0) is 35.9 Å². The van der Waals surface area contributed by atoms with E-state index in [0.717, 1.165) is 19.6 Å². The number of benzene rings is 1. The lowest BCUT2D eigenvalue weighted by atomic mass is 9.79. The normalized spacial score (nSPS) is 22.0. The van der Waals surface area contributed by atoms with E-state index in [1.54, 1.807) is 11.1 Å². The van der Waals surface area contributed by atoms with Crippen molar-refractivity contribution in [3.05, 3.63) is 35.4 Å². The van der Waals surface area contributed by atoms with Crippen molar-refractivity contribution >= 4 is 0 Å². The molecule has 0 aromatic heterocycles. The van der Waals surface area contributed by atoms with Crippen LogP contribution in [0.4, 0.5) is 0 Å². The summed E-state index contributed by atoms with van der Waals surface area (Å²) in [5, 5.41) is 3.66. The van der Waals surface area contributed by atoms with Crippen molar-refractivity contribution in [2.45, 2.75) is 58.5 Å². The Morgan fingerprint density at radius 2 is 1.62 bits per heavy atom. The van der Waals surface area contributed by atoms with Crippen LogP contribution in [0.3, 0.4) is 0 Å². The van der Waals surface area contributed by atoms with Gasteiger partial charge < -0.3 is 5.32 Å². The molecular formula is C19H30N2. The molecule has 2 aliphatic rings. The highest BCUT2D eigenvalue weighted by atomic mass is 15.1. The van der Waals surface area contributed by atoms with E-state index in [4.69, 9.17) is 0 Å². The molecule has 1 saturated carbocycles. The number of nitrogens with one attached hydrogen (secondary N) is 1. The smallest absolute Gasteiger partial charge is 0.0240 e. The molecule has 21 heavy (non-hydrogen) atoms. The molecule has 1 aliphatic heterocycles. The summed E-state index contributed by atoms with van der Waals surface area (Å²) in [5.74, 6) is 0. The van der Waals surface area contributed by atoms with E-state index in [1.807, 2.05) is 0 Å². The van der Waals surface area contributed by atoms with Gasteiger partial charge in [0.2, 0.25) is 0 Å². The molecule has 0 unspecified atom stereocenters. The van der Waals surface area contributed by atoms with Gasteiger partial charge >= 0.3 is 0 Å². The van der Waals surface area contributed by atoms with Crippen LogP contribution in [0.25, 0.3) is 0 Å². The van der Waals surface area contributed by atoms with E-state index in [0.29, 0.717) is 5.41 Å². The maximum Gasteiger partial charge on any atom is 0.0240 e. The van der Waals surface area contributed by atoms with Crippen molar-refractivity contribution in [2.75, 3.05) is 19.6 Å². The van der Waals surface area contributed by atoms with Gasteiger partial charge in [-0.2, -0.15) is 0 Å². The van der Waals surface area contributed by atoms with Crippen LogP contribution in [0, 0.1) is 5.41 Å². The Balaban J connectivity index is 1.67. The van der Waals surface area contributed by atoms with Crippen LogP contribution in [0.2, 0.25) is 0 Å². The van der Waals surface area contributed by atoms with E-state index >= 15 is 0 Å². The quantitative estimate of drug-likeness (QED) is 0.824. The highest BCUT2D eigenvalue weighted by molar-refractivity contribution is 5.30. The molecule has 1 aliphatic carbocycles. The number of hydrogen-bond acceptors (Lipinski definition) is 2. The summed E-state index contributed by atoms with van der Waals surface area (Å²) in [6, 6.07) is 8.98. The second kappa shape index (κ2) is 6.93. The van der Waals surface area contributed by atoms with Crippen molar-refractivity contribution in [3.63, 3.8) is 0 Å². The Hall–Kier alpha value is -0.860. The van der Waals surface area contributed by atoms with Gasteiger partial charge in [-0.15, -0.1) is 0 Å². The summed E-state index contributed by atoms with van der Waals surface area (Å²) in [4.78, 5) is 2.69. The Bertz CT molecular complexity index is 422. The van der Waals surface area contributed by atoms with Gasteiger partial charge in [-0.3, -0.25) is 4.90 Å². The van der Waals surface area contributed by atoms with Crippen LogP contribution in [0.15, 0.2) is 24.3 Å².